The highest BCUT2D eigenvalue weighted by Gasteiger charge is 2.02. The Kier molecular flexibility index (Phi) is 3.79. The first-order valence-electron chi connectivity index (χ1n) is 4.26. The van der Waals surface area contributed by atoms with Gasteiger partial charge in [0.15, 0.2) is 0 Å². The highest BCUT2D eigenvalue weighted by molar-refractivity contribution is 5.12. The summed E-state index contributed by atoms with van der Waals surface area (Å²) in [5.41, 5.74) is 6.03. The van der Waals surface area contributed by atoms with Crippen LogP contribution in [0.5, 0.6) is 0 Å². The largest absolute Gasteiger partial charge is 0.329 e. The van der Waals surface area contributed by atoms with E-state index in [1.54, 1.807) is 12.3 Å². The van der Waals surface area contributed by atoms with Crippen LogP contribution >= 0.6 is 0 Å². The van der Waals surface area contributed by atoms with E-state index in [2.05, 4.69) is 10.3 Å². The van der Waals surface area contributed by atoms with E-state index in [0.29, 0.717) is 18.7 Å². The molecule has 0 saturated heterocycles. The van der Waals surface area contributed by atoms with Crippen molar-refractivity contribution in [1.29, 1.82) is 0 Å². The summed E-state index contributed by atoms with van der Waals surface area (Å²) >= 11 is 0. The second kappa shape index (κ2) is 4.89. The van der Waals surface area contributed by atoms with Gasteiger partial charge in [-0.1, -0.05) is 0 Å². The van der Waals surface area contributed by atoms with Gasteiger partial charge >= 0.3 is 0 Å². The van der Waals surface area contributed by atoms with Crippen molar-refractivity contribution in [3.63, 3.8) is 0 Å². The number of nitrogens with one attached hydrogen (secondary N) is 1. The van der Waals surface area contributed by atoms with Crippen molar-refractivity contribution in [1.82, 2.24) is 10.3 Å². The normalized spacial score (nSPS) is 12.8. The summed E-state index contributed by atoms with van der Waals surface area (Å²) in [4.78, 5) is 3.66. The number of pyridine rings is 1. The SMILES string of the molecule is CC(CN)NCc1ccncc1F. The number of hydrogen-bond donors (Lipinski definition) is 2. The topological polar surface area (TPSA) is 50.9 Å². The van der Waals surface area contributed by atoms with E-state index in [9.17, 15) is 4.39 Å². The fourth-order valence-electron chi connectivity index (χ4n) is 0.915. The molecule has 0 bridgehead atoms. The molecule has 4 heteroatoms. The van der Waals surface area contributed by atoms with E-state index >= 15 is 0 Å². The second-order valence-corrected chi connectivity index (χ2v) is 2.98. The monoisotopic (exact) mass is 183 g/mol. The van der Waals surface area contributed by atoms with Gasteiger partial charge in [0.25, 0.3) is 0 Å². The molecule has 1 atom stereocenters. The molecule has 1 rings (SSSR count). The van der Waals surface area contributed by atoms with E-state index in [1.807, 2.05) is 6.92 Å². The third kappa shape index (κ3) is 3.08. The van der Waals surface area contributed by atoms with Crippen LogP contribution in [-0.2, 0) is 6.54 Å². The third-order valence-corrected chi connectivity index (χ3v) is 1.85. The van der Waals surface area contributed by atoms with Gasteiger partial charge in [0.2, 0.25) is 0 Å². The van der Waals surface area contributed by atoms with E-state index in [-0.39, 0.29) is 11.9 Å². The Bertz CT molecular complexity index is 265. The minimum absolute atomic E-state index is 0.201. The number of aromatic nitrogens is 1. The first-order chi connectivity index (χ1) is 6.24. The van der Waals surface area contributed by atoms with Crippen molar-refractivity contribution in [3.8, 4) is 0 Å². The lowest BCUT2D eigenvalue weighted by Crippen LogP contribution is -2.32. The van der Waals surface area contributed by atoms with Gasteiger partial charge in [0.1, 0.15) is 5.82 Å². The summed E-state index contributed by atoms with van der Waals surface area (Å²) in [7, 11) is 0. The van der Waals surface area contributed by atoms with Gasteiger partial charge in [-0.3, -0.25) is 4.98 Å². The quantitative estimate of drug-likeness (QED) is 0.721. The van der Waals surface area contributed by atoms with Gasteiger partial charge in [-0.05, 0) is 13.0 Å². The Morgan fingerprint density at radius 1 is 1.69 bits per heavy atom. The molecule has 1 unspecified atom stereocenters. The second-order valence-electron chi connectivity index (χ2n) is 2.98. The van der Waals surface area contributed by atoms with Gasteiger partial charge in [0, 0.05) is 30.9 Å². The molecule has 0 aliphatic rings. The smallest absolute Gasteiger partial charge is 0.145 e. The summed E-state index contributed by atoms with van der Waals surface area (Å²) in [6, 6.07) is 1.86. The van der Waals surface area contributed by atoms with Crippen molar-refractivity contribution >= 4 is 0 Å². The predicted molar refractivity (Wildman–Crippen MR) is 49.6 cm³/mol. The van der Waals surface area contributed by atoms with E-state index in [4.69, 9.17) is 5.73 Å². The van der Waals surface area contributed by atoms with Crippen LogP contribution < -0.4 is 11.1 Å². The minimum atomic E-state index is -0.278. The average molecular weight is 183 g/mol. The molecule has 0 aromatic carbocycles. The molecule has 1 aromatic rings. The molecule has 13 heavy (non-hydrogen) atoms. The van der Waals surface area contributed by atoms with Crippen LogP contribution in [-0.4, -0.2) is 17.6 Å². The maximum atomic E-state index is 13.0. The number of nitrogens with zero attached hydrogens (tertiary/aromatic N) is 1. The zero-order chi connectivity index (χ0) is 9.68. The van der Waals surface area contributed by atoms with E-state index < -0.39 is 0 Å². The van der Waals surface area contributed by atoms with Crippen molar-refractivity contribution in [2.45, 2.75) is 19.5 Å². The summed E-state index contributed by atoms with van der Waals surface area (Å²) in [5, 5.41) is 3.10. The Labute approximate surface area is 77.2 Å². The lowest BCUT2D eigenvalue weighted by molar-refractivity contribution is 0.531. The summed E-state index contributed by atoms with van der Waals surface area (Å²) in [6.45, 7) is 3.00. The molecular formula is C9H14FN3. The van der Waals surface area contributed by atoms with Crippen LogP contribution in [0.3, 0.4) is 0 Å². The molecule has 0 aliphatic carbocycles. The first-order valence-corrected chi connectivity index (χ1v) is 4.26. The molecular weight excluding hydrogens is 169 g/mol. The van der Waals surface area contributed by atoms with Crippen molar-refractivity contribution in [3.05, 3.63) is 29.8 Å². The molecule has 3 nitrogen and oxygen atoms in total. The lowest BCUT2D eigenvalue weighted by Gasteiger charge is -2.10. The van der Waals surface area contributed by atoms with Gasteiger partial charge in [-0.15, -0.1) is 0 Å². The first kappa shape index (κ1) is 10.1. The molecule has 0 amide bonds. The van der Waals surface area contributed by atoms with Gasteiger partial charge < -0.3 is 11.1 Å². The Morgan fingerprint density at radius 2 is 2.46 bits per heavy atom. The Hall–Kier alpha value is -1.00. The van der Waals surface area contributed by atoms with Crippen LogP contribution in [0.2, 0.25) is 0 Å². The van der Waals surface area contributed by atoms with Crippen molar-refractivity contribution in [2.75, 3.05) is 6.54 Å². The number of halogens is 1. The lowest BCUT2D eigenvalue weighted by atomic mass is 10.2. The van der Waals surface area contributed by atoms with Gasteiger partial charge in [-0.25, -0.2) is 4.39 Å². The molecule has 0 radical (unpaired) electrons. The summed E-state index contributed by atoms with van der Waals surface area (Å²) in [5.74, 6) is -0.278. The maximum Gasteiger partial charge on any atom is 0.145 e. The molecule has 0 spiro atoms. The zero-order valence-electron chi connectivity index (χ0n) is 7.63. The van der Waals surface area contributed by atoms with Crippen LogP contribution in [0.4, 0.5) is 4.39 Å². The highest BCUT2D eigenvalue weighted by atomic mass is 19.1. The Balaban J connectivity index is 2.50. The number of hydrogen-bond acceptors (Lipinski definition) is 3. The summed E-state index contributed by atoms with van der Waals surface area (Å²) in [6.07, 6.45) is 2.79. The molecule has 72 valence electrons. The standard InChI is InChI=1S/C9H14FN3/c1-7(4-11)13-5-8-2-3-12-6-9(8)10/h2-3,6-7,13H,4-5,11H2,1H3. The van der Waals surface area contributed by atoms with Crippen LogP contribution in [0.15, 0.2) is 18.5 Å². The van der Waals surface area contributed by atoms with Gasteiger partial charge in [0.05, 0.1) is 6.20 Å². The zero-order valence-corrected chi connectivity index (χ0v) is 7.63. The van der Waals surface area contributed by atoms with Crippen molar-refractivity contribution in [2.24, 2.45) is 5.73 Å². The van der Waals surface area contributed by atoms with Crippen LogP contribution in [0, 0.1) is 5.82 Å². The fourth-order valence-corrected chi connectivity index (χ4v) is 0.915. The van der Waals surface area contributed by atoms with Crippen molar-refractivity contribution < 1.29 is 4.39 Å². The maximum absolute atomic E-state index is 13.0. The number of rotatable bonds is 4. The summed E-state index contributed by atoms with van der Waals surface area (Å²) < 4.78 is 13.0. The molecule has 3 N–H and O–H groups in total. The number of nitrogens with two attached hydrogens (primary N) is 1. The van der Waals surface area contributed by atoms with E-state index in [0.717, 1.165) is 0 Å². The molecule has 0 fully saturated rings. The molecule has 1 heterocycles. The Morgan fingerprint density at radius 3 is 3.08 bits per heavy atom. The van der Waals surface area contributed by atoms with Crippen LogP contribution in [0.1, 0.15) is 12.5 Å². The average Bonchev–Trinajstić information content (AvgIpc) is 2.16. The minimum Gasteiger partial charge on any atom is -0.329 e. The predicted octanol–water partition coefficient (Wildman–Crippen LogP) is 0.658. The molecule has 1 aromatic heterocycles. The molecule has 0 aliphatic heterocycles. The van der Waals surface area contributed by atoms with Gasteiger partial charge in [-0.2, -0.15) is 0 Å². The fraction of sp³-hybridized carbons (Fsp3) is 0.444. The molecule has 0 saturated carbocycles. The van der Waals surface area contributed by atoms with E-state index in [1.165, 1.54) is 6.20 Å². The highest BCUT2D eigenvalue weighted by Crippen LogP contribution is 2.03. The third-order valence-electron chi connectivity index (χ3n) is 1.85. The van der Waals surface area contributed by atoms with Crippen LogP contribution in [0.25, 0.3) is 0 Å².